The summed E-state index contributed by atoms with van der Waals surface area (Å²) in [4.78, 5) is 14.6. The van der Waals surface area contributed by atoms with Gasteiger partial charge in [-0.25, -0.2) is 9.97 Å². The summed E-state index contributed by atoms with van der Waals surface area (Å²) in [5.74, 6) is 0. The quantitative estimate of drug-likeness (QED) is 0.391. The van der Waals surface area contributed by atoms with E-state index in [1.54, 1.807) is 0 Å². The van der Waals surface area contributed by atoms with Gasteiger partial charge in [-0.3, -0.25) is 0 Å². The van der Waals surface area contributed by atoms with Crippen molar-refractivity contribution in [2.24, 2.45) is 0 Å². The molecule has 2 nitrogen and oxygen atoms in total. The standard InChI is InChI=1S/C13H8N2S4/c1-4-14-12-10(16-4)6-3-7-9(8(6)18-12)19-13-11(7)17-5(2)15-13/h3H2,1-2H3. The molecule has 0 bridgehead atoms. The monoisotopic (exact) mass is 320 g/mol. The minimum atomic E-state index is 1.08. The van der Waals surface area contributed by atoms with Crippen LogP contribution in [0.2, 0.25) is 0 Å². The zero-order chi connectivity index (χ0) is 12.7. The molecular weight excluding hydrogens is 312 g/mol. The molecule has 1 aliphatic rings. The average molecular weight is 320 g/mol. The van der Waals surface area contributed by atoms with Crippen LogP contribution >= 0.6 is 45.3 Å². The molecule has 94 valence electrons. The van der Waals surface area contributed by atoms with Crippen LogP contribution in [-0.4, -0.2) is 9.97 Å². The fraction of sp³-hybridized carbons (Fsp3) is 0.231. The van der Waals surface area contributed by atoms with Crippen LogP contribution in [0.3, 0.4) is 0 Å². The normalized spacial score (nSPS) is 13.6. The van der Waals surface area contributed by atoms with E-state index in [9.17, 15) is 0 Å². The van der Waals surface area contributed by atoms with Crippen molar-refractivity contribution in [3.63, 3.8) is 0 Å². The van der Waals surface area contributed by atoms with Gasteiger partial charge in [0.15, 0.2) is 0 Å². The molecule has 0 unspecified atom stereocenters. The molecule has 0 aromatic carbocycles. The molecule has 19 heavy (non-hydrogen) atoms. The lowest BCUT2D eigenvalue weighted by atomic mass is 10.2. The van der Waals surface area contributed by atoms with E-state index in [1.165, 1.54) is 50.0 Å². The molecule has 0 saturated heterocycles. The molecule has 1 aliphatic carbocycles. The lowest BCUT2D eigenvalue weighted by Crippen LogP contribution is -1.75. The summed E-state index contributed by atoms with van der Waals surface area (Å²) >= 11 is 7.40. The molecular formula is C13H8N2S4. The van der Waals surface area contributed by atoms with Crippen molar-refractivity contribution in [1.82, 2.24) is 9.97 Å². The predicted molar refractivity (Wildman–Crippen MR) is 86.3 cm³/mol. The minimum absolute atomic E-state index is 1.08. The lowest BCUT2D eigenvalue weighted by Gasteiger charge is -1.89. The first-order chi connectivity index (χ1) is 9.20. The van der Waals surface area contributed by atoms with Gasteiger partial charge in [0.1, 0.15) is 9.66 Å². The van der Waals surface area contributed by atoms with Crippen molar-refractivity contribution in [2.75, 3.05) is 0 Å². The number of fused-ring (bicyclic) bond motifs is 7. The summed E-state index contributed by atoms with van der Waals surface area (Å²) in [6.07, 6.45) is 1.08. The number of hydrogen-bond acceptors (Lipinski definition) is 6. The van der Waals surface area contributed by atoms with Crippen LogP contribution in [0.5, 0.6) is 0 Å². The first-order valence-corrected chi connectivity index (χ1v) is 9.25. The van der Waals surface area contributed by atoms with E-state index in [2.05, 4.69) is 23.8 Å². The van der Waals surface area contributed by atoms with E-state index in [-0.39, 0.29) is 0 Å². The smallest absolute Gasteiger partial charge is 0.135 e. The third-order valence-electron chi connectivity index (χ3n) is 3.46. The van der Waals surface area contributed by atoms with Crippen molar-refractivity contribution in [2.45, 2.75) is 20.3 Å². The van der Waals surface area contributed by atoms with Gasteiger partial charge in [-0.1, -0.05) is 0 Å². The van der Waals surface area contributed by atoms with Gasteiger partial charge in [-0.2, -0.15) is 0 Å². The number of hydrogen-bond donors (Lipinski definition) is 0. The molecule has 4 aromatic rings. The molecule has 0 atom stereocenters. The molecule has 0 amide bonds. The highest BCUT2D eigenvalue weighted by Gasteiger charge is 2.30. The van der Waals surface area contributed by atoms with Gasteiger partial charge in [0, 0.05) is 6.42 Å². The summed E-state index contributed by atoms with van der Waals surface area (Å²) < 4.78 is 2.82. The highest BCUT2D eigenvalue weighted by molar-refractivity contribution is 7.34. The molecule has 0 N–H and O–H groups in total. The van der Waals surface area contributed by atoms with Crippen LogP contribution in [0.4, 0.5) is 0 Å². The molecule has 6 heteroatoms. The maximum Gasteiger partial charge on any atom is 0.135 e. The number of thiophene rings is 2. The number of rotatable bonds is 0. The topological polar surface area (TPSA) is 25.8 Å². The second kappa shape index (κ2) is 3.44. The van der Waals surface area contributed by atoms with Crippen molar-refractivity contribution in [3.05, 3.63) is 21.1 Å². The highest BCUT2D eigenvalue weighted by atomic mass is 32.1. The van der Waals surface area contributed by atoms with Gasteiger partial charge in [-0.05, 0) is 25.0 Å². The van der Waals surface area contributed by atoms with Crippen LogP contribution in [0.25, 0.3) is 28.8 Å². The Labute approximate surface area is 125 Å². The summed E-state index contributed by atoms with van der Waals surface area (Å²) in [6.45, 7) is 4.19. The van der Waals surface area contributed by atoms with Crippen molar-refractivity contribution >= 4 is 64.4 Å². The first-order valence-electron chi connectivity index (χ1n) is 5.98. The first kappa shape index (κ1) is 10.9. The van der Waals surface area contributed by atoms with Crippen LogP contribution in [0.15, 0.2) is 0 Å². The SMILES string of the molecule is Cc1nc2sc3c(c2s1)Cc1c-3sc2nc(C)sc12. The summed E-state index contributed by atoms with van der Waals surface area (Å²) in [6, 6.07) is 0. The molecule has 5 rings (SSSR count). The fourth-order valence-electron chi connectivity index (χ4n) is 2.72. The summed E-state index contributed by atoms with van der Waals surface area (Å²) in [5.41, 5.74) is 3.03. The van der Waals surface area contributed by atoms with Crippen LogP contribution in [0.1, 0.15) is 21.1 Å². The van der Waals surface area contributed by atoms with Crippen molar-refractivity contribution in [1.29, 1.82) is 0 Å². The van der Waals surface area contributed by atoms with Crippen LogP contribution < -0.4 is 0 Å². The molecule has 0 aliphatic heterocycles. The predicted octanol–water partition coefficient (Wildman–Crippen LogP) is 5.22. The minimum Gasteiger partial charge on any atom is -0.231 e. The average Bonchev–Trinajstić information content (AvgIpc) is 3.04. The Balaban J connectivity index is 1.86. The van der Waals surface area contributed by atoms with Crippen LogP contribution in [0, 0.1) is 13.8 Å². The van der Waals surface area contributed by atoms with Crippen LogP contribution in [-0.2, 0) is 6.42 Å². The number of thiazole rings is 2. The zero-order valence-corrected chi connectivity index (χ0v) is 13.5. The van der Waals surface area contributed by atoms with Gasteiger partial charge in [0.25, 0.3) is 0 Å². The van der Waals surface area contributed by atoms with Gasteiger partial charge in [-0.15, -0.1) is 45.3 Å². The Bertz CT molecular complexity index is 887. The number of aromatic nitrogens is 2. The Kier molecular flexibility index (Phi) is 1.97. The summed E-state index contributed by atoms with van der Waals surface area (Å²) in [7, 11) is 0. The van der Waals surface area contributed by atoms with Gasteiger partial charge in [0.2, 0.25) is 0 Å². The maximum absolute atomic E-state index is 4.63. The van der Waals surface area contributed by atoms with E-state index in [0.717, 1.165) is 6.42 Å². The van der Waals surface area contributed by atoms with Crippen molar-refractivity contribution in [3.8, 4) is 9.75 Å². The molecule has 4 aromatic heterocycles. The van der Waals surface area contributed by atoms with Crippen molar-refractivity contribution < 1.29 is 0 Å². The number of aryl methyl sites for hydroxylation is 2. The Hall–Kier alpha value is -0.820. The second-order valence-corrected chi connectivity index (χ2v) is 9.14. The fourth-order valence-corrected chi connectivity index (χ4v) is 7.65. The zero-order valence-electron chi connectivity index (χ0n) is 10.2. The molecule has 0 radical (unpaired) electrons. The largest absolute Gasteiger partial charge is 0.231 e. The Morgan fingerprint density at radius 1 is 0.737 bits per heavy atom. The van der Waals surface area contributed by atoms with Gasteiger partial charge < -0.3 is 0 Å². The van der Waals surface area contributed by atoms with E-state index in [1.807, 2.05) is 45.3 Å². The summed E-state index contributed by atoms with van der Waals surface area (Å²) in [5, 5.41) is 2.36. The molecule has 4 heterocycles. The molecule has 0 spiro atoms. The molecule has 0 fully saturated rings. The highest BCUT2D eigenvalue weighted by Crippen LogP contribution is 2.53. The number of nitrogens with zero attached hydrogens (tertiary/aromatic N) is 2. The Morgan fingerprint density at radius 2 is 1.21 bits per heavy atom. The van der Waals surface area contributed by atoms with E-state index in [4.69, 9.17) is 0 Å². The maximum atomic E-state index is 4.63. The lowest BCUT2D eigenvalue weighted by molar-refractivity contribution is 1.33. The van der Waals surface area contributed by atoms with E-state index < -0.39 is 0 Å². The Morgan fingerprint density at radius 3 is 1.68 bits per heavy atom. The van der Waals surface area contributed by atoms with E-state index >= 15 is 0 Å². The van der Waals surface area contributed by atoms with Gasteiger partial charge in [0.05, 0.1) is 29.2 Å². The molecule has 0 saturated carbocycles. The third-order valence-corrected chi connectivity index (χ3v) is 8.20. The van der Waals surface area contributed by atoms with E-state index in [0.29, 0.717) is 0 Å². The second-order valence-electron chi connectivity index (χ2n) is 4.73. The van der Waals surface area contributed by atoms with Gasteiger partial charge >= 0.3 is 0 Å². The third kappa shape index (κ3) is 1.30.